The highest BCUT2D eigenvalue weighted by molar-refractivity contribution is 6.31. The molecule has 6 nitrogen and oxygen atoms in total. The molecule has 1 fully saturated rings. The number of benzene rings is 1. The Hall–Kier alpha value is -1.63. The second-order valence-corrected chi connectivity index (χ2v) is 4.79. The molecule has 1 unspecified atom stereocenters. The van der Waals surface area contributed by atoms with E-state index in [4.69, 9.17) is 16.3 Å². The molecule has 7 heteroatoms. The predicted octanol–water partition coefficient (Wildman–Crippen LogP) is 0.570. The number of carboxylic acids is 1. The number of halogens is 1. The third-order valence-corrected chi connectivity index (χ3v) is 3.33. The minimum atomic E-state index is -1.18. The molecule has 1 heterocycles. The zero-order valence-corrected chi connectivity index (χ0v) is 11.4. The maximum absolute atomic E-state index is 12.0. The summed E-state index contributed by atoms with van der Waals surface area (Å²) in [6.45, 7) is 1.32. The van der Waals surface area contributed by atoms with Crippen LogP contribution in [0.3, 0.4) is 0 Å². The van der Waals surface area contributed by atoms with E-state index in [0.29, 0.717) is 23.7 Å². The average molecular weight is 299 g/mol. The van der Waals surface area contributed by atoms with Gasteiger partial charge < -0.3 is 20.5 Å². The zero-order valence-electron chi connectivity index (χ0n) is 10.6. The van der Waals surface area contributed by atoms with Crippen molar-refractivity contribution in [2.24, 2.45) is 0 Å². The van der Waals surface area contributed by atoms with Crippen LogP contribution >= 0.6 is 11.6 Å². The van der Waals surface area contributed by atoms with Crippen LogP contribution in [-0.4, -0.2) is 42.8 Å². The van der Waals surface area contributed by atoms with Crippen molar-refractivity contribution in [2.75, 3.05) is 19.8 Å². The Morgan fingerprint density at radius 2 is 2.20 bits per heavy atom. The molecule has 0 bridgehead atoms. The second kappa shape index (κ2) is 6.69. The molecule has 1 aromatic rings. The highest BCUT2D eigenvalue weighted by atomic mass is 35.5. The van der Waals surface area contributed by atoms with Crippen molar-refractivity contribution in [2.45, 2.75) is 12.1 Å². The summed E-state index contributed by atoms with van der Waals surface area (Å²) in [6, 6.07) is 4.80. The summed E-state index contributed by atoms with van der Waals surface area (Å²) in [5, 5.41) is 15.0. The first kappa shape index (κ1) is 14.8. The molecule has 1 saturated heterocycles. The zero-order chi connectivity index (χ0) is 14.5. The Bertz CT molecular complexity index is 503. The van der Waals surface area contributed by atoms with Gasteiger partial charge in [-0.15, -0.1) is 0 Å². The van der Waals surface area contributed by atoms with Crippen LogP contribution in [-0.2, 0) is 14.3 Å². The number of aliphatic carboxylic acids is 1. The van der Waals surface area contributed by atoms with Crippen molar-refractivity contribution < 1.29 is 19.4 Å². The standard InChI is InChI=1S/C13H15ClN2O4/c14-9-4-2-1-3-8(9)11(13(18)19)16-12(17)10-7-20-6-5-15-10/h1-4,10-11,15H,5-7H2,(H,16,17)(H,18,19)/t10?,11-/m1/s1. The second-order valence-electron chi connectivity index (χ2n) is 4.38. The lowest BCUT2D eigenvalue weighted by Crippen LogP contribution is -2.52. The third kappa shape index (κ3) is 3.47. The lowest BCUT2D eigenvalue weighted by molar-refractivity contribution is -0.142. The van der Waals surface area contributed by atoms with Gasteiger partial charge in [-0.3, -0.25) is 4.79 Å². The molecule has 3 N–H and O–H groups in total. The molecule has 0 aromatic heterocycles. The van der Waals surface area contributed by atoms with Gasteiger partial charge in [0.15, 0.2) is 6.04 Å². The number of carbonyl (C=O) groups is 2. The van der Waals surface area contributed by atoms with E-state index in [2.05, 4.69) is 10.6 Å². The SMILES string of the molecule is O=C(N[C@@H](C(=O)O)c1ccccc1Cl)C1COCCN1. The van der Waals surface area contributed by atoms with Gasteiger partial charge in [0, 0.05) is 17.1 Å². The largest absolute Gasteiger partial charge is 0.479 e. The van der Waals surface area contributed by atoms with E-state index in [-0.39, 0.29) is 6.61 Å². The van der Waals surface area contributed by atoms with Crippen LogP contribution in [0.15, 0.2) is 24.3 Å². The molecule has 108 valence electrons. The molecular formula is C13H15ClN2O4. The molecule has 0 saturated carbocycles. The van der Waals surface area contributed by atoms with Gasteiger partial charge in [-0.25, -0.2) is 4.79 Å². The first-order chi connectivity index (χ1) is 9.59. The lowest BCUT2D eigenvalue weighted by Gasteiger charge is -2.25. The number of hydrogen-bond acceptors (Lipinski definition) is 4. The fourth-order valence-electron chi connectivity index (χ4n) is 1.96. The maximum Gasteiger partial charge on any atom is 0.330 e. The van der Waals surface area contributed by atoms with E-state index in [1.165, 1.54) is 0 Å². The summed E-state index contributed by atoms with van der Waals surface area (Å²) >= 11 is 5.98. The number of amides is 1. The highest BCUT2D eigenvalue weighted by Gasteiger charge is 2.28. The summed E-state index contributed by atoms with van der Waals surface area (Å²) in [7, 11) is 0. The number of carboxylic acid groups (broad SMARTS) is 1. The highest BCUT2D eigenvalue weighted by Crippen LogP contribution is 2.23. The van der Waals surface area contributed by atoms with Crippen LogP contribution < -0.4 is 10.6 Å². The molecule has 1 aliphatic rings. The fourth-order valence-corrected chi connectivity index (χ4v) is 2.20. The number of rotatable bonds is 4. The minimum absolute atomic E-state index is 0.223. The maximum atomic E-state index is 12.0. The molecule has 0 spiro atoms. The number of hydrogen-bond donors (Lipinski definition) is 3. The van der Waals surface area contributed by atoms with Gasteiger partial charge >= 0.3 is 5.97 Å². The van der Waals surface area contributed by atoms with Gasteiger partial charge in [-0.2, -0.15) is 0 Å². The molecule has 1 aliphatic heterocycles. The normalized spacial score (nSPS) is 20.1. The quantitative estimate of drug-likeness (QED) is 0.756. The number of ether oxygens (including phenoxy) is 1. The van der Waals surface area contributed by atoms with Crippen molar-refractivity contribution in [3.05, 3.63) is 34.9 Å². The smallest absolute Gasteiger partial charge is 0.330 e. The van der Waals surface area contributed by atoms with Crippen LogP contribution in [0.5, 0.6) is 0 Å². The molecule has 2 atom stereocenters. The number of nitrogens with one attached hydrogen (secondary N) is 2. The molecule has 0 aliphatic carbocycles. The van der Waals surface area contributed by atoms with E-state index < -0.39 is 24.0 Å². The Kier molecular flexibility index (Phi) is 4.94. The fraction of sp³-hybridized carbons (Fsp3) is 0.385. The van der Waals surface area contributed by atoms with Crippen molar-refractivity contribution in [1.29, 1.82) is 0 Å². The lowest BCUT2D eigenvalue weighted by atomic mass is 10.1. The van der Waals surface area contributed by atoms with Gasteiger partial charge in [-0.05, 0) is 6.07 Å². The Labute approximate surface area is 121 Å². The molecule has 1 aromatic carbocycles. The molecule has 20 heavy (non-hydrogen) atoms. The molecule has 0 radical (unpaired) electrons. The van der Waals surface area contributed by atoms with Crippen molar-refractivity contribution >= 4 is 23.5 Å². The van der Waals surface area contributed by atoms with Crippen LogP contribution in [0.25, 0.3) is 0 Å². The summed E-state index contributed by atoms with van der Waals surface area (Å²) in [4.78, 5) is 23.4. The molecule has 2 rings (SSSR count). The van der Waals surface area contributed by atoms with Crippen molar-refractivity contribution in [1.82, 2.24) is 10.6 Å². The average Bonchev–Trinajstić information content (AvgIpc) is 2.46. The van der Waals surface area contributed by atoms with Gasteiger partial charge in [0.25, 0.3) is 0 Å². The number of morpholine rings is 1. The Morgan fingerprint density at radius 1 is 1.45 bits per heavy atom. The van der Waals surface area contributed by atoms with Gasteiger partial charge in [0.2, 0.25) is 5.91 Å². The number of carbonyl (C=O) groups excluding carboxylic acids is 1. The third-order valence-electron chi connectivity index (χ3n) is 2.99. The topological polar surface area (TPSA) is 87.7 Å². The Morgan fingerprint density at radius 3 is 2.80 bits per heavy atom. The van der Waals surface area contributed by atoms with Crippen LogP contribution in [0.1, 0.15) is 11.6 Å². The monoisotopic (exact) mass is 298 g/mol. The minimum Gasteiger partial charge on any atom is -0.479 e. The first-order valence-corrected chi connectivity index (χ1v) is 6.56. The van der Waals surface area contributed by atoms with Crippen molar-refractivity contribution in [3.63, 3.8) is 0 Å². The van der Waals surface area contributed by atoms with E-state index in [9.17, 15) is 14.7 Å². The van der Waals surface area contributed by atoms with Crippen LogP contribution in [0, 0.1) is 0 Å². The van der Waals surface area contributed by atoms with Crippen LogP contribution in [0.2, 0.25) is 5.02 Å². The van der Waals surface area contributed by atoms with E-state index in [1.807, 2.05) is 0 Å². The van der Waals surface area contributed by atoms with Crippen molar-refractivity contribution in [3.8, 4) is 0 Å². The van der Waals surface area contributed by atoms with Crippen LogP contribution in [0.4, 0.5) is 0 Å². The Balaban J connectivity index is 2.12. The predicted molar refractivity (Wildman–Crippen MR) is 72.6 cm³/mol. The van der Waals surface area contributed by atoms with Gasteiger partial charge in [0.1, 0.15) is 6.04 Å². The molecule has 1 amide bonds. The summed E-state index contributed by atoms with van der Waals surface area (Å²) in [5.74, 6) is -1.58. The van der Waals surface area contributed by atoms with Gasteiger partial charge in [0.05, 0.1) is 13.2 Å². The summed E-state index contributed by atoms with van der Waals surface area (Å²) < 4.78 is 5.18. The van der Waals surface area contributed by atoms with E-state index in [0.717, 1.165) is 0 Å². The first-order valence-electron chi connectivity index (χ1n) is 6.18. The van der Waals surface area contributed by atoms with Gasteiger partial charge in [-0.1, -0.05) is 29.8 Å². The van der Waals surface area contributed by atoms with E-state index in [1.54, 1.807) is 24.3 Å². The summed E-state index contributed by atoms with van der Waals surface area (Å²) in [5.41, 5.74) is 0.353. The molecular weight excluding hydrogens is 284 g/mol. The summed E-state index contributed by atoms with van der Waals surface area (Å²) in [6.07, 6.45) is 0. The van der Waals surface area contributed by atoms with E-state index >= 15 is 0 Å².